The highest BCUT2D eigenvalue weighted by Crippen LogP contribution is 1.97. The van der Waals surface area contributed by atoms with Gasteiger partial charge in [-0.25, -0.2) is 0 Å². The first-order valence-corrected chi connectivity index (χ1v) is 4.21. The molecule has 0 radical (unpaired) electrons. The molecule has 0 unspecified atom stereocenters. The Morgan fingerprint density at radius 3 is 3.00 bits per heavy atom. The highest BCUT2D eigenvalue weighted by Gasteiger charge is 2.12. The summed E-state index contributed by atoms with van der Waals surface area (Å²) in [6.45, 7) is 1.88. The van der Waals surface area contributed by atoms with Crippen LogP contribution in [0.2, 0.25) is 0 Å². The van der Waals surface area contributed by atoms with Crippen LogP contribution in [0.4, 0.5) is 0 Å². The van der Waals surface area contributed by atoms with E-state index in [4.69, 9.17) is 21.6 Å². The van der Waals surface area contributed by atoms with E-state index in [1.54, 1.807) is 6.20 Å². The molecule has 1 N–H and O–H groups in total. The van der Waals surface area contributed by atoms with Crippen molar-refractivity contribution in [2.45, 2.75) is 6.92 Å². The van der Waals surface area contributed by atoms with Gasteiger partial charge in [0.05, 0.1) is 0 Å². The summed E-state index contributed by atoms with van der Waals surface area (Å²) in [5.74, 6) is 0. The average Bonchev–Trinajstić information content (AvgIpc) is 2.11. The molecule has 1 aromatic rings. The number of nitrogens with zero attached hydrogens (tertiary/aromatic N) is 2. The molecule has 1 aromatic heterocycles. The monoisotopic (exact) mass is 236 g/mol. The van der Waals surface area contributed by atoms with E-state index in [-0.39, 0.29) is 18.5 Å². The second kappa shape index (κ2) is 6.45. The third-order valence-corrected chi connectivity index (χ3v) is 1.67. The Labute approximate surface area is 93.1 Å². The fraction of sp³-hybridized carbons (Fsp3) is 0.250. The van der Waals surface area contributed by atoms with Crippen molar-refractivity contribution in [3.8, 4) is 0 Å². The number of hydrogen-bond acceptors (Lipinski definition) is 3. The van der Waals surface area contributed by atoms with Crippen LogP contribution >= 0.6 is 11.6 Å². The standard InChI is InChI=1S/C8H9ClN2O2.ClH/c1-7-3-2-4-11(13-6-9)8(7)5-10-12;/h2-5H,6H2,1H3;1H. The Hall–Kier alpha value is -1.000. The van der Waals surface area contributed by atoms with Crippen LogP contribution < -0.4 is 22.0 Å². The molecule has 0 saturated heterocycles. The summed E-state index contributed by atoms with van der Waals surface area (Å²) in [5.41, 5.74) is 1.59. The highest BCUT2D eigenvalue weighted by atomic mass is 35.5. The van der Waals surface area contributed by atoms with E-state index in [9.17, 15) is 0 Å². The van der Waals surface area contributed by atoms with Crippen LogP contribution in [0.15, 0.2) is 23.5 Å². The van der Waals surface area contributed by atoms with Crippen LogP contribution in [0.1, 0.15) is 11.3 Å². The van der Waals surface area contributed by atoms with Gasteiger partial charge < -0.3 is 17.6 Å². The third kappa shape index (κ3) is 3.05. The molecule has 14 heavy (non-hydrogen) atoms. The molecule has 0 aliphatic heterocycles. The lowest BCUT2D eigenvalue weighted by Crippen LogP contribution is -3.00. The Balaban J connectivity index is 0.00000169. The van der Waals surface area contributed by atoms with Crippen molar-refractivity contribution in [1.29, 1.82) is 0 Å². The van der Waals surface area contributed by atoms with Crippen LogP contribution in [0.3, 0.4) is 0 Å². The third-order valence-electron chi connectivity index (χ3n) is 1.58. The molecule has 0 aliphatic rings. The molecular weight excluding hydrogens is 227 g/mol. The average molecular weight is 237 g/mol. The Morgan fingerprint density at radius 1 is 1.71 bits per heavy atom. The number of aryl methyl sites for hydroxylation is 1. The van der Waals surface area contributed by atoms with E-state index < -0.39 is 0 Å². The second-order valence-corrected chi connectivity index (χ2v) is 2.60. The van der Waals surface area contributed by atoms with E-state index in [0.29, 0.717) is 5.69 Å². The fourth-order valence-corrected chi connectivity index (χ4v) is 1.09. The van der Waals surface area contributed by atoms with Gasteiger partial charge in [-0.3, -0.25) is 4.84 Å². The molecule has 1 rings (SSSR count). The van der Waals surface area contributed by atoms with E-state index in [1.165, 1.54) is 10.9 Å². The van der Waals surface area contributed by atoms with Crippen LogP contribution in [0, 0.1) is 6.92 Å². The predicted octanol–water partition coefficient (Wildman–Crippen LogP) is -2.28. The van der Waals surface area contributed by atoms with Gasteiger partial charge in [-0.15, -0.1) is 0 Å². The molecule has 0 saturated carbocycles. The predicted molar refractivity (Wildman–Crippen MR) is 48.1 cm³/mol. The molecule has 0 spiro atoms. The van der Waals surface area contributed by atoms with Crippen molar-refractivity contribution in [3.63, 3.8) is 0 Å². The van der Waals surface area contributed by atoms with E-state index in [1.807, 2.05) is 19.1 Å². The normalized spacial score (nSPS) is 9.86. The molecular formula is C8H10Cl2N2O2. The highest BCUT2D eigenvalue weighted by molar-refractivity contribution is 6.17. The molecule has 1 heterocycles. The first-order valence-electron chi connectivity index (χ1n) is 3.67. The van der Waals surface area contributed by atoms with E-state index in [2.05, 4.69) is 5.16 Å². The first kappa shape index (κ1) is 13.0. The Kier molecular flexibility index (Phi) is 5.99. The number of alkyl halides is 1. The zero-order valence-electron chi connectivity index (χ0n) is 7.52. The van der Waals surface area contributed by atoms with Gasteiger partial charge in [-0.1, -0.05) is 16.8 Å². The molecule has 0 atom stereocenters. The second-order valence-electron chi connectivity index (χ2n) is 2.39. The van der Waals surface area contributed by atoms with Gasteiger partial charge in [0.2, 0.25) is 12.3 Å². The van der Waals surface area contributed by atoms with Crippen LogP contribution in [0.5, 0.6) is 0 Å². The lowest BCUT2D eigenvalue weighted by molar-refractivity contribution is -0.888. The lowest BCUT2D eigenvalue weighted by Gasteiger charge is -1.98. The van der Waals surface area contributed by atoms with E-state index >= 15 is 0 Å². The van der Waals surface area contributed by atoms with Gasteiger partial charge in [0.15, 0.2) is 0 Å². The summed E-state index contributed by atoms with van der Waals surface area (Å²) < 4.78 is 1.45. The number of hydrogen-bond donors (Lipinski definition) is 1. The summed E-state index contributed by atoms with van der Waals surface area (Å²) in [6, 6.07) is 3.74. The van der Waals surface area contributed by atoms with Gasteiger partial charge >= 0.3 is 0 Å². The van der Waals surface area contributed by atoms with Gasteiger partial charge in [0.1, 0.15) is 6.21 Å². The molecule has 6 heteroatoms. The SMILES string of the molecule is Cc1ccc[n+](OCCl)c1C=NO.[Cl-]. The number of halogens is 2. The summed E-state index contributed by atoms with van der Waals surface area (Å²) in [4.78, 5) is 5.05. The summed E-state index contributed by atoms with van der Waals surface area (Å²) in [7, 11) is 0. The van der Waals surface area contributed by atoms with Gasteiger partial charge in [0.25, 0.3) is 5.69 Å². The quantitative estimate of drug-likeness (QED) is 0.212. The molecule has 0 aliphatic carbocycles. The van der Waals surface area contributed by atoms with Crippen molar-refractivity contribution < 1.29 is 27.2 Å². The maximum atomic E-state index is 8.40. The minimum absolute atomic E-state index is 0. The summed E-state index contributed by atoms with van der Waals surface area (Å²) in [5, 5.41) is 11.3. The van der Waals surface area contributed by atoms with E-state index in [0.717, 1.165) is 5.56 Å². The van der Waals surface area contributed by atoms with Crippen molar-refractivity contribution in [2.24, 2.45) is 5.16 Å². The Morgan fingerprint density at radius 2 is 2.43 bits per heavy atom. The van der Waals surface area contributed by atoms with Crippen molar-refractivity contribution >= 4 is 17.8 Å². The molecule has 0 amide bonds. The van der Waals surface area contributed by atoms with Crippen molar-refractivity contribution in [1.82, 2.24) is 0 Å². The number of aromatic nitrogens is 1. The number of rotatable bonds is 3. The minimum atomic E-state index is 0. The van der Waals surface area contributed by atoms with Crippen LogP contribution in [-0.4, -0.2) is 17.5 Å². The topological polar surface area (TPSA) is 45.7 Å². The molecule has 78 valence electrons. The van der Waals surface area contributed by atoms with Gasteiger partial charge in [-0.05, 0) is 13.0 Å². The maximum absolute atomic E-state index is 8.40. The van der Waals surface area contributed by atoms with Gasteiger partial charge in [-0.2, -0.15) is 0 Å². The fourth-order valence-electron chi connectivity index (χ4n) is 0.984. The molecule has 0 aromatic carbocycles. The van der Waals surface area contributed by atoms with Gasteiger partial charge in [0, 0.05) is 16.4 Å². The first-order chi connectivity index (χ1) is 6.29. The van der Waals surface area contributed by atoms with Crippen LogP contribution in [-0.2, 0) is 0 Å². The zero-order valence-corrected chi connectivity index (χ0v) is 9.03. The largest absolute Gasteiger partial charge is 1.00 e. The summed E-state index contributed by atoms with van der Waals surface area (Å²) >= 11 is 5.41. The number of oxime groups is 1. The minimum Gasteiger partial charge on any atom is -1.00 e. The smallest absolute Gasteiger partial charge is 0.281 e. The van der Waals surface area contributed by atoms with Crippen LogP contribution in [0.25, 0.3) is 0 Å². The molecule has 0 fully saturated rings. The van der Waals surface area contributed by atoms with Crippen molar-refractivity contribution in [2.75, 3.05) is 6.07 Å². The van der Waals surface area contributed by atoms with Crippen molar-refractivity contribution in [3.05, 3.63) is 29.6 Å². The molecule has 0 bridgehead atoms. The molecule has 4 nitrogen and oxygen atoms in total. The lowest BCUT2D eigenvalue weighted by atomic mass is 10.2. The zero-order chi connectivity index (χ0) is 9.68. The number of pyridine rings is 1. The maximum Gasteiger partial charge on any atom is 0.281 e. The Bertz CT molecular complexity index is 318. The summed E-state index contributed by atoms with van der Waals surface area (Å²) in [6.07, 6.45) is 2.98.